The van der Waals surface area contributed by atoms with Crippen molar-refractivity contribution in [1.29, 1.82) is 0 Å². The van der Waals surface area contributed by atoms with Crippen LogP contribution in [0.1, 0.15) is 24.0 Å². The number of hydrogen-bond acceptors (Lipinski definition) is 5. The summed E-state index contributed by atoms with van der Waals surface area (Å²) >= 11 is 5.99. The van der Waals surface area contributed by atoms with Gasteiger partial charge >= 0.3 is 6.03 Å². The zero-order valence-corrected chi connectivity index (χ0v) is 16.4. The van der Waals surface area contributed by atoms with Crippen LogP contribution >= 0.6 is 11.6 Å². The van der Waals surface area contributed by atoms with E-state index in [1.807, 2.05) is 24.3 Å². The number of hydrogen-bond donors (Lipinski definition) is 2. The van der Waals surface area contributed by atoms with Crippen molar-refractivity contribution in [2.45, 2.75) is 24.8 Å². The van der Waals surface area contributed by atoms with E-state index in [1.165, 1.54) is 12.1 Å². The number of imide groups is 1. The number of nitro groups is 1. The van der Waals surface area contributed by atoms with Crippen molar-refractivity contribution in [2.24, 2.45) is 0 Å². The van der Waals surface area contributed by atoms with E-state index in [0.29, 0.717) is 6.42 Å². The van der Waals surface area contributed by atoms with Gasteiger partial charge in [0, 0.05) is 12.1 Å². The number of rotatable bonds is 4. The average molecular weight is 429 g/mol. The monoisotopic (exact) mass is 428 g/mol. The highest BCUT2D eigenvalue weighted by Crippen LogP contribution is 2.39. The first-order valence-corrected chi connectivity index (χ1v) is 9.66. The zero-order valence-electron chi connectivity index (χ0n) is 15.7. The van der Waals surface area contributed by atoms with E-state index in [0.717, 1.165) is 34.9 Å². The fraction of sp³-hybridized carbons (Fsp3) is 0.250. The van der Waals surface area contributed by atoms with Crippen LogP contribution in [0.15, 0.2) is 42.5 Å². The highest BCUT2D eigenvalue weighted by atomic mass is 35.5. The van der Waals surface area contributed by atoms with E-state index < -0.39 is 34.9 Å². The first-order chi connectivity index (χ1) is 14.3. The van der Waals surface area contributed by atoms with Crippen LogP contribution in [-0.2, 0) is 21.5 Å². The molecule has 0 saturated carbocycles. The summed E-state index contributed by atoms with van der Waals surface area (Å²) in [6, 6.07) is 10.4. The maximum absolute atomic E-state index is 13.2. The second kappa shape index (κ2) is 7.42. The SMILES string of the molecule is O=C(CN1C(=O)N[C@@]2(CCCc3ccccc32)C1=O)Nc1cc([N+](=O)[O-])ccc1Cl. The summed E-state index contributed by atoms with van der Waals surface area (Å²) in [5.41, 5.74) is 0.351. The molecule has 1 spiro atoms. The molecule has 4 amide bonds. The summed E-state index contributed by atoms with van der Waals surface area (Å²) in [5.74, 6) is -1.18. The van der Waals surface area contributed by atoms with Crippen LogP contribution in [0.25, 0.3) is 0 Å². The molecule has 4 rings (SSSR count). The molecule has 0 aromatic heterocycles. The highest BCUT2D eigenvalue weighted by Gasteiger charge is 2.54. The van der Waals surface area contributed by atoms with E-state index in [1.54, 1.807) is 0 Å². The molecule has 0 unspecified atom stereocenters. The van der Waals surface area contributed by atoms with Gasteiger partial charge in [0.1, 0.15) is 12.1 Å². The quantitative estimate of drug-likeness (QED) is 0.440. The van der Waals surface area contributed by atoms with Gasteiger partial charge in [0.05, 0.1) is 15.6 Å². The molecule has 1 atom stereocenters. The average Bonchev–Trinajstić information content (AvgIpc) is 2.94. The van der Waals surface area contributed by atoms with Crippen LogP contribution in [0.2, 0.25) is 5.02 Å². The number of anilines is 1. The lowest BCUT2D eigenvalue weighted by atomic mass is 9.76. The third kappa shape index (κ3) is 3.26. The van der Waals surface area contributed by atoms with Gasteiger partial charge < -0.3 is 10.6 Å². The Bertz CT molecular complexity index is 1090. The molecule has 2 aliphatic rings. The Hall–Kier alpha value is -3.46. The van der Waals surface area contributed by atoms with Crippen molar-refractivity contribution in [3.8, 4) is 0 Å². The van der Waals surface area contributed by atoms with Gasteiger partial charge in [0.2, 0.25) is 5.91 Å². The van der Waals surface area contributed by atoms with Crippen LogP contribution in [0.4, 0.5) is 16.2 Å². The minimum Gasteiger partial charge on any atom is -0.323 e. The molecule has 2 aromatic rings. The lowest BCUT2D eigenvalue weighted by molar-refractivity contribution is -0.384. The molecule has 30 heavy (non-hydrogen) atoms. The summed E-state index contributed by atoms with van der Waals surface area (Å²) in [6.07, 6.45) is 1.99. The standard InChI is InChI=1S/C20H17ClN4O5/c21-15-8-7-13(25(29)30)10-16(15)22-17(26)11-24-18(27)20(23-19(24)28)9-3-5-12-4-1-2-6-14(12)20/h1-2,4,6-8,10H,3,5,9,11H2,(H,22,26)(H,23,28)/t20-/m1/s1. The number of carbonyl (C=O) groups is 3. The highest BCUT2D eigenvalue weighted by molar-refractivity contribution is 6.33. The van der Waals surface area contributed by atoms with Crippen LogP contribution in [0.3, 0.4) is 0 Å². The van der Waals surface area contributed by atoms with Crippen molar-refractivity contribution in [2.75, 3.05) is 11.9 Å². The van der Waals surface area contributed by atoms with Gasteiger partial charge in [-0.2, -0.15) is 0 Å². The minimum absolute atomic E-state index is 0.0284. The second-order valence-corrected chi connectivity index (χ2v) is 7.61. The zero-order chi connectivity index (χ0) is 21.5. The third-order valence-electron chi connectivity index (χ3n) is 5.39. The van der Waals surface area contributed by atoms with E-state index in [4.69, 9.17) is 11.6 Å². The molecule has 154 valence electrons. The summed E-state index contributed by atoms with van der Waals surface area (Å²) in [4.78, 5) is 49.4. The number of benzene rings is 2. The molecule has 2 N–H and O–H groups in total. The minimum atomic E-state index is -1.17. The van der Waals surface area contributed by atoms with Gasteiger partial charge in [0.15, 0.2) is 0 Å². The number of nitro benzene ring substituents is 1. The number of fused-ring (bicyclic) bond motifs is 2. The van der Waals surface area contributed by atoms with Crippen molar-refractivity contribution < 1.29 is 19.3 Å². The number of carbonyl (C=O) groups excluding carboxylic acids is 3. The Morgan fingerprint density at radius 3 is 2.80 bits per heavy atom. The lowest BCUT2D eigenvalue weighted by Crippen LogP contribution is -2.47. The summed E-state index contributed by atoms with van der Waals surface area (Å²) in [7, 11) is 0. The molecule has 2 aromatic carbocycles. The first kappa shape index (κ1) is 19.8. The summed E-state index contributed by atoms with van der Waals surface area (Å²) in [5, 5.41) is 16.2. The summed E-state index contributed by atoms with van der Waals surface area (Å²) in [6.45, 7) is -0.534. The number of nitrogens with one attached hydrogen (secondary N) is 2. The number of aryl methyl sites for hydroxylation is 1. The summed E-state index contributed by atoms with van der Waals surface area (Å²) < 4.78 is 0. The molecule has 1 aliphatic carbocycles. The Kier molecular flexibility index (Phi) is 4.90. The Balaban J connectivity index is 1.55. The first-order valence-electron chi connectivity index (χ1n) is 9.28. The number of urea groups is 1. The van der Waals surface area contributed by atoms with Gasteiger partial charge in [-0.25, -0.2) is 4.79 Å². The van der Waals surface area contributed by atoms with Crippen LogP contribution in [0.5, 0.6) is 0 Å². The van der Waals surface area contributed by atoms with Gasteiger partial charge in [-0.3, -0.25) is 24.6 Å². The van der Waals surface area contributed by atoms with E-state index in [2.05, 4.69) is 10.6 Å². The molecular formula is C20H17ClN4O5. The van der Waals surface area contributed by atoms with E-state index >= 15 is 0 Å². The van der Waals surface area contributed by atoms with Crippen molar-refractivity contribution in [3.63, 3.8) is 0 Å². The van der Waals surface area contributed by atoms with Crippen molar-refractivity contribution >= 4 is 40.8 Å². The van der Waals surface area contributed by atoms with E-state index in [9.17, 15) is 24.5 Å². The van der Waals surface area contributed by atoms with E-state index in [-0.39, 0.29) is 16.4 Å². The number of non-ortho nitro benzene ring substituents is 1. The van der Waals surface area contributed by atoms with Crippen LogP contribution < -0.4 is 10.6 Å². The molecule has 1 fully saturated rings. The molecule has 0 bridgehead atoms. The number of nitrogens with zero attached hydrogens (tertiary/aromatic N) is 2. The van der Waals surface area contributed by atoms with Crippen molar-refractivity contribution in [1.82, 2.24) is 10.2 Å². The fourth-order valence-electron chi connectivity index (χ4n) is 4.01. The third-order valence-corrected chi connectivity index (χ3v) is 5.72. The van der Waals surface area contributed by atoms with Gasteiger partial charge in [-0.1, -0.05) is 35.9 Å². The molecule has 9 nitrogen and oxygen atoms in total. The predicted molar refractivity (Wildman–Crippen MR) is 108 cm³/mol. The topological polar surface area (TPSA) is 122 Å². The number of halogens is 1. The van der Waals surface area contributed by atoms with Crippen LogP contribution in [-0.4, -0.2) is 34.2 Å². The molecule has 1 heterocycles. The second-order valence-electron chi connectivity index (χ2n) is 7.21. The van der Waals surface area contributed by atoms with Gasteiger partial charge in [0.25, 0.3) is 11.6 Å². The Morgan fingerprint density at radius 2 is 2.03 bits per heavy atom. The molecule has 0 radical (unpaired) electrons. The number of amides is 4. The largest absolute Gasteiger partial charge is 0.325 e. The molecule has 10 heteroatoms. The Morgan fingerprint density at radius 1 is 1.27 bits per heavy atom. The molecular weight excluding hydrogens is 412 g/mol. The molecule has 1 aliphatic heterocycles. The maximum Gasteiger partial charge on any atom is 0.325 e. The maximum atomic E-state index is 13.2. The smallest absolute Gasteiger partial charge is 0.323 e. The van der Waals surface area contributed by atoms with Crippen LogP contribution in [0, 0.1) is 10.1 Å². The predicted octanol–water partition coefficient (Wildman–Crippen LogP) is 2.97. The fourth-order valence-corrected chi connectivity index (χ4v) is 4.18. The Labute approximate surface area is 176 Å². The van der Waals surface area contributed by atoms with Crippen molar-refractivity contribution in [3.05, 3.63) is 68.7 Å². The molecule has 1 saturated heterocycles. The van der Waals surface area contributed by atoms with Gasteiger partial charge in [-0.05, 0) is 36.5 Å². The van der Waals surface area contributed by atoms with Gasteiger partial charge in [-0.15, -0.1) is 0 Å². The normalized spacial score (nSPS) is 20.1. The lowest BCUT2D eigenvalue weighted by Gasteiger charge is -2.33.